The minimum atomic E-state index is 0.951. The maximum Gasteiger partial charge on any atom is 0.186 e. The van der Waals surface area contributed by atoms with Crippen molar-refractivity contribution in [3.05, 3.63) is 24.3 Å². The van der Waals surface area contributed by atoms with Gasteiger partial charge in [-0.1, -0.05) is 23.5 Å². The van der Waals surface area contributed by atoms with Crippen LogP contribution in [0, 0.1) is 0 Å². The molecule has 0 aliphatic carbocycles. The van der Waals surface area contributed by atoms with Crippen LogP contribution in [0.3, 0.4) is 0 Å². The second kappa shape index (κ2) is 4.33. The van der Waals surface area contributed by atoms with E-state index in [-0.39, 0.29) is 0 Å². The minimum absolute atomic E-state index is 0.951. The van der Waals surface area contributed by atoms with Gasteiger partial charge in [0.2, 0.25) is 0 Å². The summed E-state index contributed by atoms with van der Waals surface area (Å²) < 4.78 is 1.25. The van der Waals surface area contributed by atoms with Gasteiger partial charge in [-0.05, 0) is 12.1 Å². The zero-order chi connectivity index (χ0) is 11.7. The summed E-state index contributed by atoms with van der Waals surface area (Å²) in [6.07, 6.45) is 1.90. The zero-order valence-electron chi connectivity index (χ0n) is 9.47. The van der Waals surface area contributed by atoms with Crippen molar-refractivity contribution in [2.75, 3.05) is 18.0 Å². The predicted molar refractivity (Wildman–Crippen MR) is 72.7 cm³/mol. The molecule has 0 amide bonds. The van der Waals surface area contributed by atoms with E-state index in [0.717, 1.165) is 42.3 Å². The Bertz CT molecular complexity index is 517. The molecule has 1 aliphatic rings. The van der Waals surface area contributed by atoms with E-state index in [1.807, 2.05) is 6.07 Å². The Morgan fingerprint density at radius 1 is 1.24 bits per heavy atom. The van der Waals surface area contributed by atoms with Gasteiger partial charge >= 0.3 is 0 Å². The largest absolute Gasteiger partial charge is 0.347 e. The van der Waals surface area contributed by atoms with E-state index in [4.69, 9.17) is 5.84 Å². The molecule has 2 N–H and O–H groups in total. The quantitative estimate of drug-likeness (QED) is 0.620. The molecular formula is C12H14N4S. The van der Waals surface area contributed by atoms with E-state index in [9.17, 15) is 0 Å². The molecule has 1 aromatic heterocycles. The summed E-state index contributed by atoms with van der Waals surface area (Å²) in [5.41, 5.74) is 2.20. The molecule has 0 atom stereocenters. The number of benzene rings is 1. The molecule has 1 fully saturated rings. The van der Waals surface area contributed by atoms with Gasteiger partial charge in [0.1, 0.15) is 0 Å². The standard InChI is InChI=1S/C12H14N4S/c13-15-9-5-7-16(8-6-9)12-14-10-3-1-2-4-11(10)17-12/h1-4H,5-8,13H2. The molecule has 0 radical (unpaired) electrons. The van der Waals surface area contributed by atoms with E-state index in [2.05, 4.69) is 33.2 Å². The highest BCUT2D eigenvalue weighted by atomic mass is 32.1. The Labute approximate surface area is 104 Å². The molecule has 2 heterocycles. The average Bonchev–Trinajstić information content (AvgIpc) is 2.82. The number of nitrogens with zero attached hydrogens (tertiary/aromatic N) is 3. The van der Waals surface area contributed by atoms with E-state index >= 15 is 0 Å². The number of hydrogen-bond acceptors (Lipinski definition) is 5. The van der Waals surface area contributed by atoms with Crippen molar-refractivity contribution in [1.82, 2.24) is 4.98 Å². The number of para-hydroxylation sites is 1. The summed E-state index contributed by atoms with van der Waals surface area (Å²) in [5.74, 6) is 5.31. The predicted octanol–water partition coefficient (Wildman–Crippen LogP) is 2.21. The van der Waals surface area contributed by atoms with E-state index in [1.54, 1.807) is 11.3 Å². The van der Waals surface area contributed by atoms with Gasteiger partial charge in [-0.3, -0.25) is 0 Å². The number of piperidine rings is 1. The molecule has 5 heteroatoms. The molecule has 0 spiro atoms. The van der Waals surface area contributed by atoms with Crippen molar-refractivity contribution in [2.45, 2.75) is 12.8 Å². The van der Waals surface area contributed by atoms with Gasteiger partial charge in [-0.25, -0.2) is 4.98 Å². The fourth-order valence-electron chi connectivity index (χ4n) is 2.08. The molecule has 4 nitrogen and oxygen atoms in total. The highest BCUT2D eigenvalue weighted by Crippen LogP contribution is 2.29. The molecule has 88 valence electrons. The van der Waals surface area contributed by atoms with Crippen LogP contribution < -0.4 is 10.7 Å². The molecule has 2 aromatic rings. The number of rotatable bonds is 1. The first kappa shape index (κ1) is 10.5. The van der Waals surface area contributed by atoms with Crippen LogP contribution in [0.25, 0.3) is 10.2 Å². The maximum absolute atomic E-state index is 5.31. The lowest BCUT2D eigenvalue weighted by Gasteiger charge is -2.26. The molecule has 1 aromatic carbocycles. The lowest BCUT2D eigenvalue weighted by Crippen LogP contribution is -2.34. The molecule has 3 rings (SSSR count). The number of hydrogen-bond donors (Lipinski definition) is 1. The SMILES string of the molecule is NN=C1CCN(c2nc3ccccc3s2)CC1. The highest BCUT2D eigenvalue weighted by Gasteiger charge is 2.18. The lowest BCUT2D eigenvalue weighted by atomic mass is 10.1. The van der Waals surface area contributed by atoms with E-state index in [1.165, 1.54) is 4.70 Å². The average molecular weight is 246 g/mol. The summed E-state index contributed by atoms with van der Waals surface area (Å²) in [4.78, 5) is 6.98. The molecule has 1 aliphatic heterocycles. The van der Waals surface area contributed by atoms with Crippen molar-refractivity contribution in [1.29, 1.82) is 0 Å². The summed E-state index contributed by atoms with van der Waals surface area (Å²) in [6.45, 7) is 1.94. The third-order valence-electron chi connectivity index (χ3n) is 3.08. The Balaban J connectivity index is 1.85. The molecule has 0 unspecified atom stereocenters. The number of aromatic nitrogens is 1. The summed E-state index contributed by atoms with van der Waals surface area (Å²) >= 11 is 1.76. The van der Waals surface area contributed by atoms with Crippen LogP contribution in [0.1, 0.15) is 12.8 Å². The Morgan fingerprint density at radius 3 is 2.71 bits per heavy atom. The number of fused-ring (bicyclic) bond motifs is 1. The zero-order valence-corrected chi connectivity index (χ0v) is 10.3. The Hall–Kier alpha value is -1.62. The first-order chi connectivity index (χ1) is 8.36. The van der Waals surface area contributed by atoms with Gasteiger partial charge in [0.15, 0.2) is 5.13 Å². The fraction of sp³-hybridized carbons (Fsp3) is 0.333. The van der Waals surface area contributed by atoms with Crippen molar-refractivity contribution < 1.29 is 0 Å². The van der Waals surface area contributed by atoms with Crippen molar-refractivity contribution in [3.63, 3.8) is 0 Å². The van der Waals surface area contributed by atoms with Crippen LogP contribution >= 0.6 is 11.3 Å². The van der Waals surface area contributed by atoms with Gasteiger partial charge in [0, 0.05) is 31.6 Å². The highest BCUT2D eigenvalue weighted by molar-refractivity contribution is 7.22. The Kier molecular flexibility index (Phi) is 2.68. The molecular weight excluding hydrogens is 232 g/mol. The van der Waals surface area contributed by atoms with Crippen LogP contribution in [0.15, 0.2) is 29.4 Å². The minimum Gasteiger partial charge on any atom is -0.347 e. The van der Waals surface area contributed by atoms with Crippen molar-refractivity contribution >= 4 is 32.4 Å². The first-order valence-electron chi connectivity index (χ1n) is 5.73. The number of hydrazone groups is 1. The summed E-state index contributed by atoms with van der Waals surface area (Å²) in [5, 5.41) is 4.90. The topological polar surface area (TPSA) is 54.5 Å². The van der Waals surface area contributed by atoms with Crippen molar-refractivity contribution in [2.24, 2.45) is 10.9 Å². The van der Waals surface area contributed by atoms with Gasteiger partial charge in [0.05, 0.1) is 10.2 Å². The van der Waals surface area contributed by atoms with Gasteiger partial charge in [0.25, 0.3) is 0 Å². The van der Waals surface area contributed by atoms with E-state index in [0.29, 0.717) is 0 Å². The lowest BCUT2D eigenvalue weighted by molar-refractivity contribution is 0.753. The van der Waals surface area contributed by atoms with Gasteiger partial charge < -0.3 is 10.7 Å². The summed E-state index contributed by atoms with van der Waals surface area (Å²) in [7, 11) is 0. The third kappa shape index (κ3) is 1.98. The second-order valence-electron chi connectivity index (χ2n) is 4.15. The second-order valence-corrected chi connectivity index (χ2v) is 5.16. The van der Waals surface area contributed by atoms with Crippen LogP contribution in [-0.4, -0.2) is 23.8 Å². The van der Waals surface area contributed by atoms with Crippen LogP contribution in [0.2, 0.25) is 0 Å². The fourth-order valence-corrected chi connectivity index (χ4v) is 3.10. The maximum atomic E-state index is 5.31. The monoisotopic (exact) mass is 246 g/mol. The van der Waals surface area contributed by atoms with Gasteiger partial charge in [-0.2, -0.15) is 5.10 Å². The first-order valence-corrected chi connectivity index (χ1v) is 6.54. The van der Waals surface area contributed by atoms with Crippen molar-refractivity contribution in [3.8, 4) is 0 Å². The molecule has 0 saturated carbocycles. The van der Waals surface area contributed by atoms with Crippen LogP contribution in [-0.2, 0) is 0 Å². The molecule has 17 heavy (non-hydrogen) atoms. The third-order valence-corrected chi connectivity index (χ3v) is 4.17. The van der Waals surface area contributed by atoms with Crippen LogP contribution in [0.4, 0.5) is 5.13 Å². The van der Waals surface area contributed by atoms with Gasteiger partial charge in [-0.15, -0.1) is 0 Å². The molecule has 0 bridgehead atoms. The normalized spacial score (nSPS) is 16.5. The number of anilines is 1. The Morgan fingerprint density at radius 2 is 2.00 bits per heavy atom. The van der Waals surface area contributed by atoms with Crippen LogP contribution in [0.5, 0.6) is 0 Å². The van der Waals surface area contributed by atoms with E-state index < -0.39 is 0 Å². The summed E-state index contributed by atoms with van der Waals surface area (Å²) in [6, 6.07) is 8.26. The number of nitrogens with two attached hydrogens (primary N) is 1. The number of thiazole rings is 1. The smallest absolute Gasteiger partial charge is 0.186 e. The molecule has 1 saturated heterocycles.